The first-order valence-corrected chi connectivity index (χ1v) is 8.30. The zero-order valence-electron chi connectivity index (χ0n) is 11.2. The largest absolute Gasteiger partial charge is 0.484 e. The number of amides is 1. The third-order valence-electron chi connectivity index (χ3n) is 2.35. The summed E-state index contributed by atoms with van der Waals surface area (Å²) in [4.78, 5) is 11.5. The van der Waals surface area contributed by atoms with Gasteiger partial charge in [0, 0.05) is 24.2 Å². The number of nitrogens with two attached hydrogens (primary N) is 1. The molecule has 0 unspecified atom stereocenters. The summed E-state index contributed by atoms with van der Waals surface area (Å²) >= 11 is 5.36. The Labute approximate surface area is 135 Å². The van der Waals surface area contributed by atoms with Crippen molar-refractivity contribution in [3.05, 3.63) is 24.3 Å². The van der Waals surface area contributed by atoms with Gasteiger partial charge in [0.05, 0.1) is 11.5 Å². The smallest absolute Gasteiger partial charge is 0.257 e. The molecule has 0 aliphatic rings. The number of benzene rings is 1. The van der Waals surface area contributed by atoms with E-state index in [1.165, 1.54) is 0 Å². The van der Waals surface area contributed by atoms with E-state index in [4.69, 9.17) is 22.1 Å². The number of alkyl halides is 1. The molecule has 0 aromatic heterocycles. The Hall–Kier alpha value is -1.18. The molecule has 9 heteroatoms. The van der Waals surface area contributed by atoms with Crippen LogP contribution in [-0.2, 0) is 14.6 Å². The molecule has 1 aromatic rings. The number of nitrogen functional groups attached to an aromatic ring is 1. The average Bonchev–Trinajstić information content (AvgIpc) is 2.36. The van der Waals surface area contributed by atoms with E-state index < -0.39 is 15.7 Å². The van der Waals surface area contributed by atoms with Gasteiger partial charge in [0.2, 0.25) is 0 Å². The van der Waals surface area contributed by atoms with Crippen molar-refractivity contribution in [2.45, 2.75) is 0 Å². The van der Waals surface area contributed by atoms with Crippen LogP contribution < -0.4 is 15.8 Å². The number of sulfone groups is 1. The maximum atomic E-state index is 11.5. The molecule has 120 valence electrons. The van der Waals surface area contributed by atoms with Crippen molar-refractivity contribution in [1.82, 2.24) is 5.32 Å². The molecule has 1 aromatic carbocycles. The lowest BCUT2D eigenvalue weighted by molar-refractivity contribution is -0.122. The molecule has 6 nitrogen and oxygen atoms in total. The fourth-order valence-electron chi connectivity index (χ4n) is 1.37. The Balaban J connectivity index is 0.00000400. The number of rotatable bonds is 8. The highest BCUT2D eigenvalue weighted by Crippen LogP contribution is 2.13. The maximum Gasteiger partial charge on any atom is 0.257 e. The minimum Gasteiger partial charge on any atom is -0.484 e. The van der Waals surface area contributed by atoms with Gasteiger partial charge >= 0.3 is 0 Å². The average molecular weight is 357 g/mol. The van der Waals surface area contributed by atoms with Crippen LogP contribution in [0.3, 0.4) is 0 Å². The fraction of sp³-hybridized carbons (Fsp3) is 0.417. The van der Waals surface area contributed by atoms with Crippen LogP contribution in [0.1, 0.15) is 0 Å². The predicted octanol–water partition coefficient (Wildman–Crippen LogP) is 0.839. The molecule has 0 aliphatic carbocycles. The van der Waals surface area contributed by atoms with Crippen molar-refractivity contribution >= 4 is 45.4 Å². The van der Waals surface area contributed by atoms with Crippen molar-refractivity contribution < 1.29 is 17.9 Å². The minimum atomic E-state index is -3.20. The van der Waals surface area contributed by atoms with Gasteiger partial charge in [-0.05, 0) is 12.1 Å². The first-order chi connectivity index (χ1) is 9.43. The van der Waals surface area contributed by atoms with E-state index in [0.29, 0.717) is 11.4 Å². The molecule has 3 N–H and O–H groups in total. The predicted molar refractivity (Wildman–Crippen MR) is 86.0 cm³/mol. The Kier molecular flexibility index (Phi) is 9.16. The van der Waals surface area contributed by atoms with Crippen LogP contribution in [0.15, 0.2) is 24.3 Å². The first kappa shape index (κ1) is 19.8. The van der Waals surface area contributed by atoms with Gasteiger partial charge in [0.25, 0.3) is 5.91 Å². The summed E-state index contributed by atoms with van der Waals surface area (Å²) in [5, 5.41) is 2.46. The quantitative estimate of drug-likeness (QED) is 0.531. The number of carbonyl (C=O) groups is 1. The van der Waals surface area contributed by atoms with E-state index >= 15 is 0 Å². The van der Waals surface area contributed by atoms with Crippen LogP contribution in [-0.4, -0.2) is 44.9 Å². The van der Waals surface area contributed by atoms with Crippen LogP contribution in [0.25, 0.3) is 0 Å². The second-order valence-electron chi connectivity index (χ2n) is 4.05. The molecule has 0 saturated carbocycles. The van der Waals surface area contributed by atoms with Crippen molar-refractivity contribution in [2.75, 3.05) is 36.3 Å². The Morgan fingerprint density at radius 3 is 2.67 bits per heavy atom. The molecule has 0 bridgehead atoms. The second-order valence-corrected chi connectivity index (χ2v) is 6.73. The van der Waals surface area contributed by atoms with Gasteiger partial charge in [-0.2, -0.15) is 0 Å². The lowest BCUT2D eigenvalue weighted by atomic mass is 10.3. The molecule has 0 fully saturated rings. The number of nitrogens with one attached hydrogen (secondary N) is 1. The molecule has 0 atom stereocenters. The van der Waals surface area contributed by atoms with Crippen molar-refractivity contribution in [1.29, 1.82) is 0 Å². The number of ether oxygens (including phenoxy) is 1. The van der Waals surface area contributed by atoms with E-state index in [0.717, 1.165) is 0 Å². The van der Waals surface area contributed by atoms with Crippen LogP contribution >= 0.6 is 24.0 Å². The van der Waals surface area contributed by atoms with Crippen LogP contribution in [0.4, 0.5) is 5.69 Å². The molecule has 0 spiro atoms. The molecule has 1 rings (SSSR count). The Bertz CT molecular complexity index is 552. The van der Waals surface area contributed by atoms with Gasteiger partial charge in [-0.25, -0.2) is 8.42 Å². The third-order valence-corrected chi connectivity index (χ3v) is 4.42. The second kappa shape index (κ2) is 9.70. The summed E-state index contributed by atoms with van der Waals surface area (Å²) in [6, 6.07) is 6.68. The standard InChI is InChI=1S/C12H17ClN2O4S.ClH/c13-4-6-20(17,18)7-5-15-12(16)9-19-11-3-1-2-10(14)8-11;/h1-3,8H,4-7,9,14H2,(H,15,16);1H. The molecule has 0 radical (unpaired) electrons. The monoisotopic (exact) mass is 356 g/mol. The molecule has 0 heterocycles. The fourth-order valence-corrected chi connectivity index (χ4v) is 2.93. The number of carbonyl (C=O) groups excluding carboxylic acids is 1. The lowest BCUT2D eigenvalue weighted by Crippen LogP contribution is -2.33. The summed E-state index contributed by atoms with van der Waals surface area (Å²) in [7, 11) is -3.20. The molecule has 0 saturated heterocycles. The SMILES string of the molecule is Cl.Nc1cccc(OCC(=O)NCCS(=O)(=O)CCCl)c1. The van der Waals surface area contributed by atoms with Crippen molar-refractivity contribution in [3.8, 4) is 5.75 Å². The maximum absolute atomic E-state index is 11.5. The van der Waals surface area contributed by atoms with Crippen LogP contribution in [0, 0.1) is 0 Å². The molecule has 1 amide bonds. The van der Waals surface area contributed by atoms with Gasteiger partial charge in [-0.3, -0.25) is 4.79 Å². The number of hydrogen-bond donors (Lipinski definition) is 2. The molecule has 21 heavy (non-hydrogen) atoms. The summed E-state index contributed by atoms with van der Waals surface area (Å²) in [5.41, 5.74) is 6.10. The minimum absolute atomic E-state index is 0. The van der Waals surface area contributed by atoms with E-state index in [1.54, 1.807) is 24.3 Å². The van der Waals surface area contributed by atoms with Crippen molar-refractivity contribution in [3.63, 3.8) is 0 Å². The van der Waals surface area contributed by atoms with E-state index in [1.807, 2.05) is 0 Å². The number of halogens is 2. The lowest BCUT2D eigenvalue weighted by Gasteiger charge is -2.08. The van der Waals surface area contributed by atoms with E-state index in [-0.39, 0.29) is 42.9 Å². The summed E-state index contributed by atoms with van der Waals surface area (Å²) in [6.07, 6.45) is 0. The van der Waals surface area contributed by atoms with Crippen LogP contribution in [0.2, 0.25) is 0 Å². The first-order valence-electron chi connectivity index (χ1n) is 5.94. The van der Waals surface area contributed by atoms with E-state index in [9.17, 15) is 13.2 Å². The Morgan fingerprint density at radius 2 is 2.05 bits per heavy atom. The van der Waals surface area contributed by atoms with Crippen LogP contribution in [0.5, 0.6) is 5.75 Å². The normalized spacial score (nSPS) is 10.5. The van der Waals surface area contributed by atoms with Gasteiger partial charge in [0.1, 0.15) is 5.75 Å². The molecular weight excluding hydrogens is 339 g/mol. The van der Waals surface area contributed by atoms with Crippen molar-refractivity contribution in [2.24, 2.45) is 0 Å². The topological polar surface area (TPSA) is 98.5 Å². The molecular formula is C12H18Cl2N2O4S. The highest BCUT2D eigenvalue weighted by atomic mass is 35.5. The van der Waals surface area contributed by atoms with Gasteiger partial charge in [0.15, 0.2) is 16.4 Å². The third kappa shape index (κ3) is 8.64. The van der Waals surface area contributed by atoms with E-state index in [2.05, 4.69) is 5.32 Å². The Morgan fingerprint density at radius 1 is 1.33 bits per heavy atom. The zero-order chi connectivity index (χ0) is 15.0. The van der Waals surface area contributed by atoms with Gasteiger partial charge in [-0.15, -0.1) is 24.0 Å². The molecule has 0 aliphatic heterocycles. The summed E-state index contributed by atoms with van der Waals surface area (Å²) < 4.78 is 27.9. The van der Waals surface area contributed by atoms with Gasteiger partial charge < -0.3 is 15.8 Å². The number of hydrogen-bond acceptors (Lipinski definition) is 5. The summed E-state index contributed by atoms with van der Waals surface area (Å²) in [5.74, 6) is -0.0913. The van der Waals surface area contributed by atoms with Gasteiger partial charge in [-0.1, -0.05) is 6.07 Å². The highest BCUT2D eigenvalue weighted by molar-refractivity contribution is 7.91. The highest BCUT2D eigenvalue weighted by Gasteiger charge is 2.10. The zero-order valence-corrected chi connectivity index (χ0v) is 13.6. The number of anilines is 1. The summed E-state index contributed by atoms with van der Waals surface area (Å²) in [6.45, 7) is -0.155.